The first kappa shape index (κ1) is 21.8. The Morgan fingerprint density at radius 3 is 2.71 bits per heavy atom. The average molecular weight is 466 g/mol. The summed E-state index contributed by atoms with van der Waals surface area (Å²) in [7, 11) is 0. The maximum Gasteiger partial charge on any atom is 0.352 e. The van der Waals surface area contributed by atoms with E-state index in [1.165, 1.54) is 23.2 Å². The molecular formula is C20H25N4O5S2+. The average Bonchev–Trinajstić information content (AvgIpc) is 3.28. The van der Waals surface area contributed by atoms with Crippen molar-refractivity contribution < 1.29 is 29.2 Å². The number of aliphatic hydroxyl groups excluding tert-OH is 1. The van der Waals surface area contributed by atoms with Crippen molar-refractivity contribution in [2.24, 2.45) is 11.8 Å². The van der Waals surface area contributed by atoms with Gasteiger partial charge in [-0.25, -0.2) is 9.36 Å². The number of thioether (sulfide) groups is 1. The maximum absolute atomic E-state index is 12.6. The number of carboxylic acid groups (broad SMARTS) is 1. The lowest BCUT2D eigenvalue weighted by Gasteiger charge is -2.46. The van der Waals surface area contributed by atoms with Crippen LogP contribution in [0.3, 0.4) is 0 Å². The smallest absolute Gasteiger partial charge is 0.352 e. The van der Waals surface area contributed by atoms with Crippen molar-refractivity contribution >= 4 is 51.3 Å². The highest BCUT2D eigenvalue weighted by molar-refractivity contribution is 7.98. The summed E-state index contributed by atoms with van der Waals surface area (Å²) in [5.41, 5.74) is 0.660. The van der Waals surface area contributed by atoms with Gasteiger partial charge in [0.15, 0.2) is 0 Å². The van der Waals surface area contributed by atoms with Gasteiger partial charge in [-0.05, 0) is 13.2 Å². The Morgan fingerprint density at radius 1 is 1.42 bits per heavy atom. The number of thiazole rings is 1. The summed E-state index contributed by atoms with van der Waals surface area (Å²) >= 11 is 3.07. The molecule has 2 aromatic rings. The van der Waals surface area contributed by atoms with Crippen LogP contribution in [-0.4, -0.2) is 62.2 Å². The number of amides is 2. The molecule has 4 atom stereocenters. The van der Waals surface area contributed by atoms with E-state index in [2.05, 4.69) is 9.88 Å². The normalized spacial score (nSPS) is 23.8. The van der Waals surface area contributed by atoms with Crippen LogP contribution < -0.4 is 9.88 Å². The molecule has 1 fully saturated rings. The van der Waals surface area contributed by atoms with Crippen LogP contribution in [0.15, 0.2) is 23.2 Å². The lowest BCUT2D eigenvalue weighted by atomic mass is 9.77. The Balaban J connectivity index is 1.73. The van der Waals surface area contributed by atoms with Gasteiger partial charge in [0.25, 0.3) is 6.33 Å². The number of aliphatic hydroxyl groups is 1. The van der Waals surface area contributed by atoms with Crippen molar-refractivity contribution in [1.82, 2.24) is 14.6 Å². The Labute approximate surface area is 187 Å². The van der Waals surface area contributed by atoms with Crippen LogP contribution in [-0.2, 0) is 20.9 Å². The Bertz CT molecular complexity index is 1120. The zero-order valence-corrected chi connectivity index (χ0v) is 19.3. The van der Waals surface area contributed by atoms with Gasteiger partial charge in [0.1, 0.15) is 18.4 Å². The number of fused-ring (bicyclic) bond motifs is 2. The Hall–Kier alpha value is -2.37. The lowest BCUT2D eigenvalue weighted by Crippen LogP contribution is -2.63. The standard InChI is InChI=1S/C20H24N4O5S2/c1-9-13(16(20(28)29)24-15(9)14(10(2)25)17(24)27)12-7-23-8-22(6-5-21-11(3)26)18(30-4)19(23)31-12/h7-10,14-15,25H,5-6H2,1-4H3,(H-,21,26,28,29)/p+1/t9-,10+,14+,15+/m0/s1. The summed E-state index contributed by atoms with van der Waals surface area (Å²) in [5.74, 6) is -2.31. The fraction of sp³-hybridized carbons (Fsp3) is 0.500. The van der Waals surface area contributed by atoms with E-state index < -0.39 is 18.0 Å². The molecule has 0 unspecified atom stereocenters. The molecule has 2 aromatic heterocycles. The van der Waals surface area contributed by atoms with Crippen molar-refractivity contribution in [2.45, 2.75) is 44.5 Å². The first-order valence-corrected chi connectivity index (χ1v) is 12.0. The predicted molar refractivity (Wildman–Crippen MR) is 115 cm³/mol. The van der Waals surface area contributed by atoms with Crippen LogP contribution >= 0.6 is 23.1 Å². The number of nitrogens with zero attached hydrogens (tertiary/aromatic N) is 3. The van der Waals surface area contributed by atoms with Crippen LogP contribution in [0.2, 0.25) is 0 Å². The van der Waals surface area contributed by atoms with E-state index in [1.807, 2.05) is 30.1 Å². The summed E-state index contributed by atoms with van der Waals surface area (Å²) < 4.78 is 4.02. The molecule has 4 rings (SSSR count). The van der Waals surface area contributed by atoms with Crippen molar-refractivity contribution in [3.8, 4) is 0 Å². The molecule has 0 radical (unpaired) electrons. The van der Waals surface area contributed by atoms with E-state index in [0.717, 1.165) is 14.7 Å². The third kappa shape index (κ3) is 3.35. The summed E-state index contributed by atoms with van der Waals surface area (Å²) in [6, 6.07) is -0.335. The molecule has 2 aliphatic heterocycles. The van der Waals surface area contributed by atoms with Gasteiger partial charge < -0.3 is 20.4 Å². The van der Waals surface area contributed by atoms with Crippen molar-refractivity contribution in [3.63, 3.8) is 0 Å². The molecule has 9 nitrogen and oxygen atoms in total. The minimum absolute atomic E-state index is 0.0214. The molecule has 0 aliphatic carbocycles. The first-order chi connectivity index (χ1) is 14.7. The highest BCUT2D eigenvalue weighted by atomic mass is 32.2. The second-order valence-corrected chi connectivity index (χ2v) is 9.76. The van der Waals surface area contributed by atoms with Gasteiger partial charge in [-0.15, -0.1) is 0 Å². The Morgan fingerprint density at radius 2 is 2.13 bits per heavy atom. The molecule has 166 valence electrons. The number of carbonyl (C=O) groups is 3. The number of hydrogen-bond acceptors (Lipinski definition) is 6. The summed E-state index contributed by atoms with van der Waals surface area (Å²) in [4.78, 5) is 38.9. The molecule has 0 bridgehead atoms. The van der Waals surface area contributed by atoms with Gasteiger partial charge in [-0.3, -0.25) is 9.59 Å². The van der Waals surface area contributed by atoms with Crippen LogP contribution in [0, 0.1) is 11.8 Å². The fourth-order valence-electron chi connectivity index (χ4n) is 4.67. The minimum Gasteiger partial charge on any atom is -0.477 e. The molecule has 0 spiro atoms. The molecule has 31 heavy (non-hydrogen) atoms. The quantitative estimate of drug-likeness (QED) is 0.317. The molecule has 4 heterocycles. The van der Waals surface area contributed by atoms with Gasteiger partial charge in [0, 0.05) is 18.4 Å². The van der Waals surface area contributed by atoms with E-state index in [1.54, 1.807) is 18.7 Å². The first-order valence-electron chi connectivity index (χ1n) is 9.98. The zero-order valence-electron chi connectivity index (χ0n) is 17.7. The predicted octanol–water partition coefficient (Wildman–Crippen LogP) is 0.799. The number of carbonyl (C=O) groups excluding carboxylic acids is 2. The number of hydrogen-bond donors (Lipinski definition) is 3. The van der Waals surface area contributed by atoms with E-state index in [4.69, 9.17) is 0 Å². The largest absolute Gasteiger partial charge is 0.477 e. The SMILES string of the molecule is CSc1c2sc(C3=C(C(=O)O)N4C(=O)[C@H]([C@@H](C)O)[C@H]4[C@H]3C)cn2c[n+]1CCNC(C)=O. The number of imidazole rings is 1. The third-order valence-electron chi connectivity index (χ3n) is 5.97. The second-order valence-electron chi connectivity index (χ2n) is 7.93. The van der Waals surface area contributed by atoms with Gasteiger partial charge in [0.05, 0.1) is 29.5 Å². The fourth-order valence-corrected chi connectivity index (χ4v) is 6.87. The van der Waals surface area contributed by atoms with Crippen LogP contribution in [0.1, 0.15) is 25.6 Å². The van der Waals surface area contributed by atoms with Gasteiger partial charge in [-0.1, -0.05) is 30.0 Å². The van der Waals surface area contributed by atoms with E-state index >= 15 is 0 Å². The summed E-state index contributed by atoms with van der Waals surface area (Å²) in [6.07, 6.45) is 4.98. The monoisotopic (exact) mass is 465 g/mol. The summed E-state index contributed by atoms with van der Waals surface area (Å²) in [6.45, 7) is 6.12. The van der Waals surface area contributed by atoms with E-state index in [-0.39, 0.29) is 29.5 Å². The number of carboxylic acids is 1. The molecule has 2 aliphatic rings. The molecular weight excluding hydrogens is 440 g/mol. The van der Waals surface area contributed by atoms with Crippen LogP contribution in [0.5, 0.6) is 0 Å². The Kier molecular flexibility index (Phi) is 5.61. The highest BCUT2D eigenvalue weighted by Gasteiger charge is 2.60. The zero-order chi connectivity index (χ0) is 22.6. The molecule has 0 aromatic carbocycles. The lowest BCUT2D eigenvalue weighted by molar-refractivity contribution is -0.727. The second kappa shape index (κ2) is 7.95. The third-order valence-corrected chi connectivity index (χ3v) is 8.05. The number of β-lactam (4-membered cyclic amide) rings is 1. The van der Waals surface area contributed by atoms with Gasteiger partial charge in [-0.2, -0.15) is 4.40 Å². The van der Waals surface area contributed by atoms with Gasteiger partial charge >= 0.3 is 5.97 Å². The molecule has 0 saturated carbocycles. The van der Waals surface area contributed by atoms with E-state index in [0.29, 0.717) is 18.7 Å². The number of nitrogens with one attached hydrogen (secondary N) is 1. The molecule has 1 saturated heterocycles. The number of aliphatic carboxylic acids is 1. The molecule has 11 heteroatoms. The number of rotatable bonds is 7. The van der Waals surface area contributed by atoms with Crippen molar-refractivity contribution in [3.05, 3.63) is 23.1 Å². The number of aromatic nitrogens is 2. The van der Waals surface area contributed by atoms with Crippen molar-refractivity contribution in [1.29, 1.82) is 0 Å². The summed E-state index contributed by atoms with van der Waals surface area (Å²) in [5, 5.41) is 23.7. The van der Waals surface area contributed by atoms with Gasteiger partial charge in [0.2, 0.25) is 21.7 Å². The van der Waals surface area contributed by atoms with Crippen LogP contribution in [0.25, 0.3) is 10.4 Å². The van der Waals surface area contributed by atoms with Crippen LogP contribution in [0.4, 0.5) is 0 Å². The minimum atomic E-state index is -1.13. The maximum atomic E-state index is 12.6. The van der Waals surface area contributed by atoms with Crippen molar-refractivity contribution in [2.75, 3.05) is 12.8 Å². The highest BCUT2D eigenvalue weighted by Crippen LogP contribution is 2.51. The topological polar surface area (TPSA) is 115 Å². The van der Waals surface area contributed by atoms with E-state index in [9.17, 15) is 24.6 Å². The molecule has 2 amide bonds. The molecule has 3 N–H and O–H groups in total.